The normalized spacial score (nSPS) is 15.4. The van der Waals surface area contributed by atoms with Crippen molar-refractivity contribution < 1.29 is 14.7 Å². The minimum Gasteiger partial charge on any atom is -0.508 e. The Hall–Kier alpha value is -2.16. The number of rotatable bonds is 8. The summed E-state index contributed by atoms with van der Waals surface area (Å²) >= 11 is 8.27. The van der Waals surface area contributed by atoms with E-state index in [2.05, 4.69) is 5.32 Å². The molecule has 0 aliphatic carbocycles. The van der Waals surface area contributed by atoms with Gasteiger partial charge < -0.3 is 10.4 Å². The van der Waals surface area contributed by atoms with Crippen LogP contribution in [0.5, 0.6) is 5.75 Å². The fourth-order valence-corrected chi connectivity index (χ4v) is 4.73. The average molecular weight is 433 g/mol. The Balaban J connectivity index is 1.38. The van der Waals surface area contributed by atoms with E-state index in [9.17, 15) is 14.7 Å². The number of thiocarbonyl (C=S) groups is 1. The van der Waals surface area contributed by atoms with Crippen molar-refractivity contribution in [3.63, 3.8) is 0 Å². The molecule has 5 nitrogen and oxygen atoms in total. The summed E-state index contributed by atoms with van der Waals surface area (Å²) in [5.41, 5.74) is 0.665. The number of phenolic OH excluding ortho intramolecular Hbond substituents is 1. The molecule has 146 valence electrons. The Morgan fingerprint density at radius 2 is 1.96 bits per heavy atom. The van der Waals surface area contributed by atoms with Gasteiger partial charge in [0.15, 0.2) is 0 Å². The summed E-state index contributed by atoms with van der Waals surface area (Å²) in [5.74, 6) is 0.0718. The van der Waals surface area contributed by atoms with E-state index >= 15 is 0 Å². The van der Waals surface area contributed by atoms with Crippen LogP contribution in [-0.4, -0.2) is 32.7 Å². The van der Waals surface area contributed by atoms with E-state index in [0.29, 0.717) is 27.9 Å². The molecule has 2 amide bonds. The number of benzene rings is 1. The topological polar surface area (TPSA) is 69.6 Å². The lowest BCUT2D eigenvalue weighted by Gasteiger charge is -2.14. The van der Waals surface area contributed by atoms with Crippen molar-refractivity contribution in [2.75, 3.05) is 11.9 Å². The third-order valence-corrected chi connectivity index (χ3v) is 6.32. The molecule has 0 unspecified atom stereocenters. The van der Waals surface area contributed by atoms with E-state index in [1.54, 1.807) is 28.4 Å². The fraction of sp³-hybridized carbons (Fsp3) is 0.250. The van der Waals surface area contributed by atoms with Gasteiger partial charge in [0.05, 0.1) is 4.91 Å². The van der Waals surface area contributed by atoms with Crippen LogP contribution in [0.2, 0.25) is 0 Å². The summed E-state index contributed by atoms with van der Waals surface area (Å²) < 4.78 is 0.595. The molecule has 3 rings (SSSR count). The molecule has 1 aromatic carbocycles. The largest absolute Gasteiger partial charge is 0.508 e. The molecule has 1 aliphatic heterocycles. The highest BCUT2D eigenvalue weighted by Gasteiger charge is 2.31. The van der Waals surface area contributed by atoms with Crippen LogP contribution in [0.3, 0.4) is 0 Å². The number of nitrogens with zero attached hydrogens (tertiary/aromatic N) is 1. The van der Waals surface area contributed by atoms with Crippen LogP contribution in [0, 0.1) is 0 Å². The number of anilines is 1. The Labute approximate surface area is 177 Å². The summed E-state index contributed by atoms with van der Waals surface area (Å²) in [6.45, 7) is 0.575. The van der Waals surface area contributed by atoms with E-state index in [4.69, 9.17) is 12.2 Å². The number of amides is 2. The van der Waals surface area contributed by atoms with Crippen molar-refractivity contribution in [3.8, 4) is 5.75 Å². The first-order valence-corrected chi connectivity index (χ1v) is 11.0. The number of aromatic hydroxyl groups is 1. The maximum Gasteiger partial charge on any atom is 0.266 e. The lowest BCUT2D eigenvalue weighted by molar-refractivity contribution is -0.122. The predicted octanol–water partition coefficient (Wildman–Crippen LogP) is 4.85. The first kappa shape index (κ1) is 20.6. The molecule has 0 saturated carbocycles. The van der Waals surface area contributed by atoms with E-state index in [-0.39, 0.29) is 17.6 Å². The summed E-state index contributed by atoms with van der Waals surface area (Å²) in [7, 11) is 0. The van der Waals surface area contributed by atoms with Crippen molar-refractivity contribution in [2.24, 2.45) is 0 Å². The summed E-state index contributed by atoms with van der Waals surface area (Å²) in [6.07, 6.45) is 4.67. The molecule has 1 aliphatic rings. The van der Waals surface area contributed by atoms with Gasteiger partial charge in [-0.05, 0) is 54.6 Å². The molecule has 0 atom stereocenters. The molecule has 0 bridgehead atoms. The zero-order chi connectivity index (χ0) is 19.9. The van der Waals surface area contributed by atoms with Gasteiger partial charge in [-0.25, -0.2) is 0 Å². The predicted molar refractivity (Wildman–Crippen MR) is 119 cm³/mol. The second-order valence-electron chi connectivity index (χ2n) is 6.25. The highest BCUT2D eigenvalue weighted by molar-refractivity contribution is 8.26. The molecule has 1 fully saturated rings. The molecule has 1 aromatic heterocycles. The van der Waals surface area contributed by atoms with Gasteiger partial charge in [-0.3, -0.25) is 14.5 Å². The van der Waals surface area contributed by atoms with Crippen molar-refractivity contribution in [1.29, 1.82) is 0 Å². The van der Waals surface area contributed by atoms with Crippen LogP contribution in [0.4, 0.5) is 5.69 Å². The quantitative estimate of drug-likeness (QED) is 0.270. The van der Waals surface area contributed by atoms with Gasteiger partial charge >= 0.3 is 0 Å². The minimum atomic E-state index is -0.0600. The number of nitrogens with one attached hydrogen (secondary N) is 1. The van der Waals surface area contributed by atoms with Crippen LogP contribution in [-0.2, 0) is 9.59 Å². The van der Waals surface area contributed by atoms with Crippen molar-refractivity contribution in [2.45, 2.75) is 25.7 Å². The molecule has 8 heteroatoms. The first-order valence-electron chi connectivity index (χ1n) is 8.91. The lowest BCUT2D eigenvalue weighted by atomic mass is 10.1. The molecule has 2 N–H and O–H groups in total. The zero-order valence-electron chi connectivity index (χ0n) is 15.1. The molecule has 1 saturated heterocycles. The molecule has 2 aromatic rings. The van der Waals surface area contributed by atoms with Gasteiger partial charge in [-0.1, -0.05) is 36.5 Å². The van der Waals surface area contributed by atoms with E-state index in [0.717, 1.165) is 24.1 Å². The number of thiophene rings is 1. The molecule has 2 heterocycles. The Bertz CT molecular complexity index is 877. The molecule has 0 radical (unpaired) electrons. The number of hydrogen-bond donors (Lipinski definition) is 2. The Kier molecular flexibility index (Phi) is 7.24. The van der Waals surface area contributed by atoms with E-state index in [1.807, 2.05) is 23.6 Å². The standard InChI is InChI=1S/C20H20N2O3S3/c23-15-9-7-14(8-10-15)21-18(24)6-2-1-3-11-22-19(25)17(28-20(22)26)13-16-5-4-12-27-16/h4-5,7-10,12-13,23H,1-3,6,11H2,(H,21,24)/b17-13-. The van der Waals surface area contributed by atoms with Crippen LogP contribution < -0.4 is 5.32 Å². The van der Waals surface area contributed by atoms with Gasteiger partial charge in [0.1, 0.15) is 10.1 Å². The third-order valence-electron chi connectivity index (χ3n) is 4.13. The van der Waals surface area contributed by atoms with Gasteiger partial charge in [0.2, 0.25) is 5.91 Å². The second-order valence-corrected chi connectivity index (χ2v) is 8.91. The SMILES string of the molecule is O=C(CCCCCN1C(=O)/C(=C/c2cccs2)SC1=S)Nc1ccc(O)cc1. The van der Waals surface area contributed by atoms with Crippen LogP contribution in [0.15, 0.2) is 46.7 Å². The number of thioether (sulfide) groups is 1. The van der Waals surface area contributed by atoms with Crippen molar-refractivity contribution in [1.82, 2.24) is 4.90 Å². The third kappa shape index (κ3) is 5.67. The van der Waals surface area contributed by atoms with Crippen LogP contribution >= 0.6 is 35.3 Å². The van der Waals surface area contributed by atoms with Gasteiger partial charge in [-0.2, -0.15) is 0 Å². The highest BCUT2D eigenvalue weighted by Crippen LogP contribution is 2.33. The number of unbranched alkanes of at least 4 members (excludes halogenated alkanes) is 2. The number of phenols is 1. The van der Waals surface area contributed by atoms with Gasteiger partial charge in [0.25, 0.3) is 5.91 Å². The molecular formula is C20H20N2O3S3. The van der Waals surface area contributed by atoms with E-state index < -0.39 is 0 Å². The van der Waals surface area contributed by atoms with Crippen molar-refractivity contribution in [3.05, 3.63) is 51.6 Å². The number of carbonyl (C=O) groups excluding carboxylic acids is 2. The Morgan fingerprint density at radius 3 is 2.68 bits per heavy atom. The maximum atomic E-state index is 12.5. The molecule has 0 spiro atoms. The Morgan fingerprint density at radius 1 is 1.18 bits per heavy atom. The van der Waals surface area contributed by atoms with Crippen LogP contribution in [0.1, 0.15) is 30.6 Å². The number of carbonyl (C=O) groups is 2. The monoisotopic (exact) mass is 432 g/mol. The minimum absolute atomic E-state index is 0.0338. The van der Waals surface area contributed by atoms with E-state index in [1.165, 1.54) is 23.9 Å². The zero-order valence-corrected chi connectivity index (χ0v) is 17.5. The fourth-order valence-electron chi connectivity index (χ4n) is 2.70. The smallest absolute Gasteiger partial charge is 0.266 e. The summed E-state index contributed by atoms with van der Waals surface area (Å²) in [6, 6.07) is 10.3. The lowest BCUT2D eigenvalue weighted by Crippen LogP contribution is -2.29. The molecule has 28 heavy (non-hydrogen) atoms. The first-order chi connectivity index (χ1) is 13.5. The average Bonchev–Trinajstić information content (AvgIpc) is 3.27. The number of hydrogen-bond acceptors (Lipinski definition) is 6. The van der Waals surface area contributed by atoms with Crippen LogP contribution in [0.25, 0.3) is 6.08 Å². The molecular weight excluding hydrogens is 412 g/mol. The summed E-state index contributed by atoms with van der Waals surface area (Å²) in [5, 5.41) is 14.0. The van der Waals surface area contributed by atoms with Gasteiger partial charge in [-0.15, -0.1) is 11.3 Å². The highest BCUT2D eigenvalue weighted by atomic mass is 32.2. The second kappa shape index (κ2) is 9.86. The summed E-state index contributed by atoms with van der Waals surface area (Å²) in [4.78, 5) is 27.8. The van der Waals surface area contributed by atoms with Gasteiger partial charge in [0, 0.05) is 23.5 Å². The van der Waals surface area contributed by atoms with Crippen molar-refractivity contribution >= 4 is 63.2 Å². The maximum absolute atomic E-state index is 12.5.